The Morgan fingerprint density at radius 2 is 2.00 bits per heavy atom. The summed E-state index contributed by atoms with van der Waals surface area (Å²) >= 11 is 0. The molecule has 0 spiro atoms. The Morgan fingerprint density at radius 1 is 1.38 bits per heavy atom. The molecule has 24 heavy (non-hydrogen) atoms. The Bertz CT molecular complexity index is 658. The predicted molar refractivity (Wildman–Crippen MR) is 89.0 cm³/mol. The molecule has 1 amide bonds. The van der Waals surface area contributed by atoms with Crippen LogP contribution in [0.25, 0.3) is 0 Å². The highest BCUT2D eigenvalue weighted by Gasteiger charge is 2.35. The smallest absolute Gasteiger partial charge is 0.248 e. The Kier molecular flexibility index (Phi) is 6.00. The SMILES string of the molecule is CNC(C)CNC(=O)C1CCN(S(=O)(=O)c2c(C)noc2C)CC1. The van der Waals surface area contributed by atoms with Gasteiger partial charge in [0.2, 0.25) is 15.9 Å². The van der Waals surface area contributed by atoms with E-state index in [1.807, 2.05) is 14.0 Å². The van der Waals surface area contributed by atoms with Gasteiger partial charge in [0.05, 0.1) is 0 Å². The molecule has 2 N–H and O–H groups in total. The van der Waals surface area contributed by atoms with E-state index in [-0.39, 0.29) is 22.8 Å². The number of piperidine rings is 1. The standard InChI is InChI=1S/C15H26N4O4S/c1-10(16-4)9-17-15(20)13-5-7-19(8-6-13)24(21,22)14-11(2)18-23-12(14)3/h10,13,16H,5-9H2,1-4H3,(H,17,20). The average molecular weight is 358 g/mol. The van der Waals surface area contributed by atoms with Gasteiger partial charge in [-0.15, -0.1) is 0 Å². The number of sulfonamides is 1. The van der Waals surface area contributed by atoms with Gasteiger partial charge in [-0.25, -0.2) is 8.42 Å². The number of carbonyl (C=O) groups excluding carboxylic acids is 1. The first-order valence-corrected chi connectivity index (χ1v) is 9.59. The lowest BCUT2D eigenvalue weighted by Crippen LogP contribution is -2.45. The van der Waals surface area contributed by atoms with Gasteiger partial charge in [0.1, 0.15) is 10.6 Å². The molecule has 1 saturated heterocycles. The quantitative estimate of drug-likeness (QED) is 0.763. The van der Waals surface area contributed by atoms with Gasteiger partial charge in [0, 0.05) is 31.6 Å². The van der Waals surface area contributed by atoms with E-state index in [2.05, 4.69) is 15.8 Å². The van der Waals surface area contributed by atoms with Crippen LogP contribution in [0, 0.1) is 19.8 Å². The number of rotatable bonds is 6. The summed E-state index contributed by atoms with van der Waals surface area (Å²) < 4.78 is 31.9. The molecule has 1 atom stereocenters. The molecule has 1 aromatic heterocycles. The second kappa shape index (κ2) is 7.62. The van der Waals surface area contributed by atoms with E-state index in [9.17, 15) is 13.2 Å². The van der Waals surface area contributed by atoms with Crippen molar-refractivity contribution in [1.82, 2.24) is 20.1 Å². The fraction of sp³-hybridized carbons (Fsp3) is 0.733. The molecule has 2 heterocycles. The third-order valence-electron chi connectivity index (χ3n) is 4.47. The predicted octanol–water partition coefficient (Wildman–Crippen LogP) is 0.416. The zero-order valence-electron chi connectivity index (χ0n) is 14.6. The summed E-state index contributed by atoms with van der Waals surface area (Å²) in [6, 6.07) is 0.203. The largest absolute Gasteiger partial charge is 0.360 e. The first-order chi connectivity index (χ1) is 11.3. The number of aromatic nitrogens is 1. The normalized spacial score (nSPS) is 18.5. The van der Waals surface area contributed by atoms with Gasteiger partial charge in [-0.2, -0.15) is 4.31 Å². The van der Waals surface area contributed by atoms with Crippen molar-refractivity contribution in [2.75, 3.05) is 26.7 Å². The second-order valence-electron chi connectivity index (χ2n) is 6.27. The van der Waals surface area contributed by atoms with E-state index in [1.165, 1.54) is 4.31 Å². The number of likely N-dealkylation sites (N-methyl/N-ethyl adjacent to an activating group) is 1. The van der Waals surface area contributed by atoms with Crippen LogP contribution in [-0.2, 0) is 14.8 Å². The first-order valence-electron chi connectivity index (χ1n) is 8.15. The molecular weight excluding hydrogens is 332 g/mol. The summed E-state index contributed by atoms with van der Waals surface area (Å²) in [5, 5.41) is 9.69. The molecule has 136 valence electrons. The molecule has 2 rings (SSSR count). The van der Waals surface area contributed by atoms with Crippen molar-refractivity contribution >= 4 is 15.9 Å². The molecule has 9 heteroatoms. The van der Waals surface area contributed by atoms with Crippen LogP contribution >= 0.6 is 0 Å². The maximum absolute atomic E-state index is 12.7. The van der Waals surface area contributed by atoms with Gasteiger partial charge < -0.3 is 15.2 Å². The van der Waals surface area contributed by atoms with Crippen LogP contribution in [0.3, 0.4) is 0 Å². The van der Waals surface area contributed by atoms with Crippen LogP contribution in [0.4, 0.5) is 0 Å². The van der Waals surface area contributed by atoms with E-state index in [1.54, 1.807) is 13.8 Å². The van der Waals surface area contributed by atoms with Crippen molar-refractivity contribution in [2.24, 2.45) is 5.92 Å². The molecule has 8 nitrogen and oxygen atoms in total. The second-order valence-corrected chi connectivity index (χ2v) is 8.14. The number of carbonyl (C=O) groups is 1. The topological polar surface area (TPSA) is 105 Å². The van der Waals surface area contributed by atoms with E-state index in [0.29, 0.717) is 43.9 Å². The van der Waals surface area contributed by atoms with E-state index < -0.39 is 10.0 Å². The van der Waals surface area contributed by atoms with Crippen LogP contribution in [0.2, 0.25) is 0 Å². The third kappa shape index (κ3) is 3.96. The molecule has 0 saturated carbocycles. The van der Waals surface area contributed by atoms with Gasteiger partial charge in [-0.05, 0) is 40.7 Å². The minimum atomic E-state index is -3.62. The lowest BCUT2D eigenvalue weighted by atomic mass is 9.97. The van der Waals surface area contributed by atoms with Gasteiger partial charge in [0.25, 0.3) is 0 Å². The fourth-order valence-corrected chi connectivity index (χ4v) is 4.59. The van der Waals surface area contributed by atoms with Gasteiger partial charge in [-0.3, -0.25) is 4.79 Å². The molecule has 0 radical (unpaired) electrons. The number of nitrogens with one attached hydrogen (secondary N) is 2. The fourth-order valence-electron chi connectivity index (χ4n) is 2.83. The Hall–Kier alpha value is -1.45. The summed E-state index contributed by atoms with van der Waals surface area (Å²) in [7, 11) is -1.78. The van der Waals surface area contributed by atoms with Crippen molar-refractivity contribution in [1.29, 1.82) is 0 Å². The number of nitrogens with zero attached hydrogens (tertiary/aromatic N) is 2. The molecule has 1 unspecified atom stereocenters. The van der Waals surface area contributed by atoms with Crippen LogP contribution in [0.5, 0.6) is 0 Å². The van der Waals surface area contributed by atoms with Crippen molar-refractivity contribution < 1.29 is 17.7 Å². The number of hydrogen-bond donors (Lipinski definition) is 2. The number of hydrogen-bond acceptors (Lipinski definition) is 6. The van der Waals surface area contributed by atoms with Gasteiger partial charge in [-0.1, -0.05) is 5.16 Å². The molecule has 0 bridgehead atoms. The molecular formula is C15H26N4O4S. The summed E-state index contributed by atoms with van der Waals surface area (Å²) in [5.41, 5.74) is 0.369. The number of aryl methyl sites for hydroxylation is 2. The molecule has 1 aliphatic heterocycles. The highest BCUT2D eigenvalue weighted by Crippen LogP contribution is 2.27. The highest BCUT2D eigenvalue weighted by atomic mass is 32.2. The molecule has 1 aliphatic rings. The van der Waals surface area contributed by atoms with E-state index in [4.69, 9.17) is 4.52 Å². The Labute approximate surface area is 143 Å². The van der Waals surface area contributed by atoms with Crippen LogP contribution in [0.1, 0.15) is 31.2 Å². The average Bonchev–Trinajstić information content (AvgIpc) is 2.91. The highest BCUT2D eigenvalue weighted by molar-refractivity contribution is 7.89. The first kappa shape index (κ1) is 18.9. The summed E-state index contributed by atoms with van der Waals surface area (Å²) in [6.45, 7) is 6.41. The lowest BCUT2D eigenvalue weighted by Gasteiger charge is -2.30. The summed E-state index contributed by atoms with van der Waals surface area (Å²) in [5.74, 6) is 0.144. The van der Waals surface area contributed by atoms with Crippen LogP contribution in [0.15, 0.2) is 9.42 Å². The Morgan fingerprint density at radius 3 is 2.50 bits per heavy atom. The minimum absolute atomic E-state index is 0.00788. The van der Waals surface area contributed by atoms with Crippen molar-refractivity contribution in [3.63, 3.8) is 0 Å². The summed E-state index contributed by atoms with van der Waals surface area (Å²) in [6.07, 6.45) is 1.03. The van der Waals surface area contributed by atoms with Crippen molar-refractivity contribution in [3.05, 3.63) is 11.5 Å². The zero-order chi connectivity index (χ0) is 17.9. The van der Waals surface area contributed by atoms with Crippen molar-refractivity contribution in [2.45, 2.75) is 44.6 Å². The van der Waals surface area contributed by atoms with Crippen LogP contribution in [-0.4, -0.2) is 56.5 Å². The van der Waals surface area contributed by atoms with E-state index >= 15 is 0 Å². The van der Waals surface area contributed by atoms with Crippen molar-refractivity contribution in [3.8, 4) is 0 Å². The summed E-state index contributed by atoms with van der Waals surface area (Å²) in [4.78, 5) is 12.3. The van der Waals surface area contributed by atoms with Gasteiger partial charge >= 0.3 is 0 Å². The third-order valence-corrected chi connectivity index (χ3v) is 6.61. The maximum Gasteiger partial charge on any atom is 0.248 e. The monoisotopic (exact) mass is 358 g/mol. The van der Waals surface area contributed by atoms with Gasteiger partial charge in [0.15, 0.2) is 5.76 Å². The lowest BCUT2D eigenvalue weighted by molar-refractivity contribution is -0.126. The van der Waals surface area contributed by atoms with Crippen LogP contribution < -0.4 is 10.6 Å². The zero-order valence-corrected chi connectivity index (χ0v) is 15.4. The Balaban J connectivity index is 1.96. The molecule has 0 aromatic carbocycles. The molecule has 1 aromatic rings. The molecule has 1 fully saturated rings. The number of amides is 1. The maximum atomic E-state index is 12.7. The molecule has 0 aliphatic carbocycles. The minimum Gasteiger partial charge on any atom is -0.360 e. The van der Waals surface area contributed by atoms with E-state index in [0.717, 1.165) is 0 Å².